The Kier molecular flexibility index (Phi) is 2.55. The standard InChI is InChI=1S/C17H20N2O/c1-12-3-2-4-13-6-10-19(16(20)15(12)13)14-5-9-18-17(11-14)7-8-17/h2-4,6,10,14,18H,5,7-9,11H2,1H3. The molecule has 0 amide bonds. The quantitative estimate of drug-likeness (QED) is 0.863. The Morgan fingerprint density at radius 1 is 1.30 bits per heavy atom. The molecule has 2 heterocycles. The molecule has 2 aromatic rings. The Bertz CT molecular complexity index is 727. The van der Waals surface area contributed by atoms with Crippen LogP contribution in [0.3, 0.4) is 0 Å². The monoisotopic (exact) mass is 268 g/mol. The van der Waals surface area contributed by atoms with E-state index in [1.54, 1.807) is 0 Å². The zero-order chi connectivity index (χ0) is 13.7. The summed E-state index contributed by atoms with van der Waals surface area (Å²) in [4.78, 5) is 12.8. The smallest absolute Gasteiger partial charge is 0.258 e. The molecular formula is C17H20N2O. The summed E-state index contributed by atoms with van der Waals surface area (Å²) < 4.78 is 1.98. The second-order valence-electron chi connectivity index (χ2n) is 6.42. The van der Waals surface area contributed by atoms with Crippen LogP contribution in [0.5, 0.6) is 0 Å². The van der Waals surface area contributed by atoms with E-state index in [9.17, 15) is 4.79 Å². The van der Waals surface area contributed by atoms with E-state index >= 15 is 0 Å². The Morgan fingerprint density at radius 3 is 2.95 bits per heavy atom. The molecule has 2 fully saturated rings. The number of piperidine rings is 1. The van der Waals surface area contributed by atoms with Crippen LogP contribution in [0.1, 0.15) is 37.3 Å². The summed E-state index contributed by atoms with van der Waals surface area (Å²) in [5.74, 6) is 0. The van der Waals surface area contributed by atoms with Gasteiger partial charge in [-0.05, 0) is 56.2 Å². The van der Waals surface area contributed by atoms with Crippen LogP contribution in [0, 0.1) is 6.92 Å². The van der Waals surface area contributed by atoms with Gasteiger partial charge in [0.25, 0.3) is 5.56 Å². The molecule has 1 atom stereocenters. The van der Waals surface area contributed by atoms with E-state index < -0.39 is 0 Å². The molecule has 1 saturated heterocycles. The van der Waals surface area contributed by atoms with Crippen LogP contribution >= 0.6 is 0 Å². The Balaban J connectivity index is 1.82. The molecule has 0 radical (unpaired) electrons. The summed E-state index contributed by atoms with van der Waals surface area (Å²) in [7, 11) is 0. The maximum atomic E-state index is 12.8. The zero-order valence-electron chi connectivity index (χ0n) is 11.9. The van der Waals surface area contributed by atoms with Crippen LogP contribution < -0.4 is 10.9 Å². The minimum Gasteiger partial charge on any atom is -0.312 e. The first-order chi connectivity index (χ1) is 9.69. The summed E-state index contributed by atoms with van der Waals surface area (Å²) in [6.07, 6.45) is 6.69. The average molecular weight is 268 g/mol. The van der Waals surface area contributed by atoms with Crippen molar-refractivity contribution in [1.82, 2.24) is 9.88 Å². The fourth-order valence-corrected chi connectivity index (χ4v) is 3.66. The normalized spacial score (nSPS) is 24.1. The fourth-order valence-electron chi connectivity index (χ4n) is 3.66. The van der Waals surface area contributed by atoms with Crippen molar-refractivity contribution in [2.75, 3.05) is 6.54 Å². The highest BCUT2D eigenvalue weighted by Crippen LogP contribution is 2.45. The van der Waals surface area contributed by atoms with Gasteiger partial charge in [-0.15, -0.1) is 0 Å². The molecule has 1 aromatic carbocycles. The second-order valence-corrected chi connectivity index (χ2v) is 6.42. The minimum atomic E-state index is 0.184. The van der Waals surface area contributed by atoms with Gasteiger partial charge in [-0.1, -0.05) is 18.2 Å². The number of rotatable bonds is 1. The van der Waals surface area contributed by atoms with Gasteiger partial charge in [0.2, 0.25) is 0 Å². The van der Waals surface area contributed by atoms with Crippen molar-refractivity contribution in [2.24, 2.45) is 0 Å². The van der Waals surface area contributed by atoms with Crippen LogP contribution in [-0.2, 0) is 0 Å². The summed E-state index contributed by atoms with van der Waals surface area (Å²) >= 11 is 0. The van der Waals surface area contributed by atoms with Crippen molar-refractivity contribution in [2.45, 2.75) is 44.2 Å². The Labute approximate surface area is 118 Å². The molecular weight excluding hydrogens is 248 g/mol. The Hall–Kier alpha value is -1.61. The van der Waals surface area contributed by atoms with Crippen molar-refractivity contribution in [1.29, 1.82) is 0 Å². The largest absolute Gasteiger partial charge is 0.312 e. The molecule has 1 spiro atoms. The highest BCUT2D eigenvalue weighted by Gasteiger charge is 2.46. The molecule has 4 rings (SSSR count). The van der Waals surface area contributed by atoms with Gasteiger partial charge in [0, 0.05) is 17.8 Å². The van der Waals surface area contributed by atoms with Crippen molar-refractivity contribution < 1.29 is 0 Å². The fraction of sp³-hybridized carbons (Fsp3) is 0.471. The number of hydrogen-bond donors (Lipinski definition) is 1. The maximum absolute atomic E-state index is 12.8. The number of aromatic nitrogens is 1. The molecule has 2 aliphatic rings. The van der Waals surface area contributed by atoms with Crippen LogP contribution in [-0.4, -0.2) is 16.7 Å². The summed E-state index contributed by atoms with van der Waals surface area (Å²) in [5.41, 5.74) is 1.61. The molecule has 20 heavy (non-hydrogen) atoms. The topological polar surface area (TPSA) is 34.0 Å². The SMILES string of the molecule is Cc1cccc2ccn(C3CCNC4(CC4)C3)c(=O)c12. The molecule has 104 valence electrons. The molecule has 3 heteroatoms. The zero-order valence-corrected chi connectivity index (χ0v) is 11.9. The first-order valence-electron chi connectivity index (χ1n) is 7.54. The maximum Gasteiger partial charge on any atom is 0.258 e. The third kappa shape index (κ3) is 1.80. The predicted octanol–water partition coefficient (Wildman–Crippen LogP) is 2.77. The van der Waals surface area contributed by atoms with Crippen molar-refractivity contribution in [3.8, 4) is 0 Å². The van der Waals surface area contributed by atoms with Crippen molar-refractivity contribution in [3.05, 3.63) is 46.4 Å². The third-order valence-corrected chi connectivity index (χ3v) is 5.02. The van der Waals surface area contributed by atoms with E-state index in [1.807, 2.05) is 35.9 Å². The lowest BCUT2D eigenvalue weighted by Gasteiger charge is -2.32. The predicted molar refractivity (Wildman–Crippen MR) is 81.2 cm³/mol. The highest BCUT2D eigenvalue weighted by atomic mass is 16.1. The van der Waals surface area contributed by atoms with Gasteiger partial charge >= 0.3 is 0 Å². The number of nitrogens with one attached hydrogen (secondary N) is 1. The average Bonchev–Trinajstić information content (AvgIpc) is 3.18. The van der Waals surface area contributed by atoms with Gasteiger partial charge in [-0.2, -0.15) is 0 Å². The second kappa shape index (κ2) is 4.19. The Morgan fingerprint density at radius 2 is 2.15 bits per heavy atom. The first-order valence-corrected chi connectivity index (χ1v) is 7.54. The third-order valence-electron chi connectivity index (χ3n) is 5.02. The first kappa shape index (κ1) is 12.2. The van der Waals surface area contributed by atoms with E-state index in [1.165, 1.54) is 12.8 Å². The molecule has 3 nitrogen and oxygen atoms in total. The van der Waals surface area contributed by atoms with E-state index in [2.05, 4.69) is 11.4 Å². The lowest BCUT2D eigenvalue weighted by atomic mass is 9.96. The minimum absolute atomic E-state index is 0.184. The van der Waals surface area contributed by atoms with Gasteiger partial charge < -0.3 is 9.88 Å². The van der Waals surface area contributed by atoms with E-state index in [0.29, 0.717) is 11.6 Å². The molecule has 1 saturated carbocycles. The summed E-state index contributed by atoms with van der Waals surface area (Å²) in [6.45, 7) is 3.06. The molecule has 1 aliphatic carbocycles. The van der Waals surface area contributed by atoms with Crippen molar-refractivity contribution >= 4 is 10.8 Å². The van der Waals surface area contributed by atoms with Gasteiger partial charge in [-0.25, -0.2) is 0 Å². The number of aryl methyl sites for hydroxylation is 1. The highest BCUT2D eigenvalue weighted by molar-refractivity contribution is 5.84. The van der Waals surface area contributed by atoms with E-state index in [4.69, 9.17) is 0 Å². The molecule has 0 bridgehead atoms. The number of pyridine rings is 1. The van der Waals surface area contributed by atoms with Gasteiger partial charge in [-0.3, -0.25) is 4.79 Å². The van der Waals surface area contributed by atoms with Gasteiger partial charge in [0.05, 0.1) is 5.39 Å². The lowest BCUT2D eigenvalue weighted by molar-refractivity contribution is 0.282. The molecule has 1 unspecified atom stereocenters. The van der Waals surface area contributed by atoms with E-state index in [-0.39, 0.29) is 5.56 Å². The van der Waals surface area contributed by atoms with Crippen LogP contribution in [0.25, 0.3) is 10.8 Å². The van der Waals surface area contributed by atoms with Crippen LogP contribution in [0.15, 0.2) is 35.3 Å². The summed E-state index contributed by atoms with van der Waals surface area (Å²) in [5, 5.41) is 5.57. The van der Waals surface area contributed by atoms with Gasteiger partial charge in [0.15, 0.2) is 0 Å². The molecule has 1 N–H and O–H groups in total. The van der Waals surface area contributed by atoms with E-state index in [0.717, 1.165) is 35.7 Å². The molecule has 1 aliphatic heterocycles. The van der Waals surface area contributed by atoms with Gasteiger partial charge in [0.1, 0.15) is 0 Å². The number of fused-ring (bicyclic) bond motifs is 1. The summed E-state index contributed by atoms with van der Waals surface area (Å²) in [6, 6.07) is 8.52. The van der Waals surface area contributed by atoms with Crippen molar-refractivity contribution in [3.63, 3.8) is 0 Å². The number of hydrogen-bond acceptors (Lipinski definition) is 2. The molecule has 1 aromatic heterocycles. The van der Waals surface area contributed by atoms with Crippen LogP contribution in [0.4, 0.5) is 0 Å². The number of benzene rings is 1. The number of nitrogens with zero attached hydrogens (tertiary/aromatic N) is 1. The lowest BCUT2D eigenvalue weighted by Crippen LogP contribution is -2.42. The van der Waals surface area contributed by atoms with Crippen LogP contribution in [0.2, 0.25) is 0 Å².